The van der Waals surface area contributed by atoms with E-state index in [9.17, 15) is 0 Å². The molecule has 86 valence electrons. The van der Waals surface area contributed by atoms with E-state index >= 15 is 0 Å². The minimum Gasteiger partial charge on any atom is -0.453 e. The lowest BCUT2D eigenvalue weighted by atomic mass is 10.2. The highest BCUT2D eigenvalue weighted by Gasteiger charge is 2.10. The standard InChI is InChI=1S/C11H18BrNO2/c1-8(7-14-3)6-13-9(2)10-4-5-11(12)15-10/h4-5,8-9,13H,6-7H2,1-3H3. The highest BCUT2D eigenvalue weighted by molar-refractivity contribution is 9.10. The highest BCUT2D eigenvalue weighted by Crippen LogP contribution is 2.19. The van der Waals surface area contributed by atoms with Crippen molar-refractivity contribution in [2.45, 2.75) is 19.9 Å². The minimum absolute atomic E-state index is 0.232. The molecule has 1 heterocycles. The fourth-order valence-corrected chi connectivity index (χ4v) is 1.70. The van der Waals surface area contributed by atoms with E-state index < -0.39 is 0 Å². The Labute approximate surface area is 99.3 Å². The van der Waals surface area contributed by atoms with Gasteiger partial charge >= 0.3 is 0 Å². The second-order valence-electron chi connectivity index (χ2n) is 3.83. The molecule has 0 bridgehead atoms. The molecule has 3 nitrogen and oxygen atoms in total. The molecule has 0 aromatic carbocycles. The summed E-state index contributed by atoms with van der Waals surface area (Å²) in [6, 6.07) is 4.12. The van der Waals surface area contributed by atoms with E-state index in [-0.39, 0.29) is 6.04 Å². The molecule has 0 aliphatic heterocycles. The SMILES string of the molecule is COCC(C)CNC(C)c1ccc(Br)o1. The maximum absolute atomic E-state index is 5.46. The van der Waals surface area contributed by atoms with Crippen LogP contribution in [0.15, 0.2) is 21.2 Å². The number of rotatable bonds is 6. The van der Waals surface area contributed by atoms with E-state index in [4.69, 9.17) is 9.15 Å². The predicted molar refractivity (Wildman–Crippen MR) is 63.9 cm³/mol. The molecule has 2 unspecified atom stereocenters. The van der Waals surface area contributed by atoms with E-state index in [1.165, 1.54) is 0 Å². The van der Waals surface area contributed by atoms with Crippen LogP contribution in [0.4, 0.5) is 0 Å². The normalized spacial score (nSPS) is 15.2. The minimum atomic E-state index is 0.232. The van der Waals surface area contributed by atoms with Gasteiger partial charge in [-0.1, -0.05) is 6.92 Å². The summed E-state index contributed by atoms with van der Waals surface area (Å²) in [6.45, 7) is 5.95. The lowest BCUT2D eigenvalue weighted by Crippen LogP contribution is -2.26. The third-order valence-corrected chi connectivity index (χ3v) is 2.67. The van der Waals surface area contributed by atoms with Gasteiger partial charge in [0.15, 0.2) is 4.67 Å². The first-order valence-corrected chi connectivity index (χ1v) is 5.90. The first-order valence-electron chi connectivity index (χ1n) is 5.11. The van der Waals surface area contributed by atoms with E-state index in [1.54, 1.807) is 7.11 Å². The molecule has 0 spiro atoms. The van der Waals surface area contributed by atoms with Crippen LogP contribution in [0.5, 0.6) is 0 Å². The van der Waals surface area contributed by atoms with E-state index in [1.807, 2.05) is 12.1 Å². The Hall–Kier alpha value is -0.320. The Morgan fingerprint density at radius 3 is 2.73 bits per heavy atom. The molecule has 4 heteroatoms. The molecule has 15 heavy (non-hydrogen) atoms. The maximum Gasteiger partial charge on any atom is 0.169 e. The second-order valence-corrected chi connectivity index (χ2v) is 4.61. The number of halogens is 1. The fraction of sp³-hybridized carbons (Fsp3) is 0.636. The lowest BCUT2D eigenvalue weighted by molar-refractivity contribution is 0.156. The summed E-state index contributed by atoms with van der Waals surface area (Å²) < 4.78 is 11.3. The molecule has 0 aliphatic carbocycles. The van der Waals surface area contributed by atoms with Gasteiger partial charge in [-0.05, 0) is 40.9 Å². The van der Waals surface area contributed by atoms with Gasteiger partial charge in [0.05, 0.1) is 6.04 Å². The van der Waals surface area contributed by atoms with Crippen molar-refractivity contribution in [1.82, 2.24) is 5.32 Å². The number of hydrogen-bond acceptors (Lipinski definition) is 3. The second kappa shape index (κ2) is 6.30. The van der Waals surface area contributed by atoms with Crippen molar-refractivity contribution in [2.24, 2.45) is 5.92 Å². The van der Waals surface area contributed by atoms with Gasteiger partial charge in [0, 0.05) is 20.3 Å². The van der Waals surface area contributed by atoms with Gasteiger partial charge in [-0.2, -0.15) is 0 Å². The lowest BCUT2D eigenvalue weighted by Gasteiger charge is -2.15. The van der Waals surface area contributed by atoms with Gasteiger partial charge in [-0.15, -0.1) is 0 Å². The third-order valence-electron chi connectivity index (χ3n) is 2.24. The van der Waals surface area contributed by atoms with Crippen LogP contribution < -0.4 is 5.32 Å². The molecule has 0 saturated carbocycles. The zero-order valence-electron chi connectivity index (χ0n) is 9.42. The Balaban J connectivity index is 2.33. The molecule has 0 radical (unpaired) electrons. The Kier molecular flexibility index (Phi) is 5.36. The van der Waals surface area contributed by atoms with Crippen molar-refractivity contribution in [3.63, 3.8) is 0 Å². The van der Waals surface area contributed by atoms with Gasteiger partial charge in [-0.3, -0.25) is 0 Å². The number of hydrogen-bond donors (Lipinski definition) is 1. The molecular formula is C11H18BrNO2. The van der Waals surface area contributed by atoms with Crippen LogP contribution in [-0.2, 0) is 4.74 Å². The summed E-state index contributed by atoms with van der Waals surface area (Å²) in [5, 5.41) is 3.40. The largest absolute Gasteiger partial charge is 0.453 e. The molecule has 1 aromatic rings. The van der Waals surface area contributed by atoms with E-state index in [0.29, 0.717) is 5.92 Å². The van der Waals surface area contributed by atoms with E-state index in [0.717, 1.165) is 23.6 Å². The van der Waals surface area contributed by atoms with Crippen LogP contribution >= 0.6 is 15.9 Å². The van der Waals surface area contributed by atoms with Crippen LogP contribution in [0.1, 0.15) is 25.6 Å². The summed E-state index contributed by atoms with van der Waals surface area (Å²) in [7, 11) is 1.73. The van der Waals surface area contributed by atoms with Gasteiger partial charge in [-0.25, -0.2) is 0 Å². The topological polar surface area (TPSA) is 34.4 Å². The predicted octanol–water partition coefficient (Wildman–Crippen LogP) is 2.98. The van der Waals surface area contributed by atoms with Crippen molar-refractivity contribution in [2.75, 3.05) is 20.3 Å². The first kappa shape index (κ1) is 12.7. The highest BCUT2D eigenvalue weighted by atomic mass is 79.9. The molecule has 0 amide bonds. The zero-order chi connectivity index (χ0) is 11.3. The zero-order valence-corrected chi connectivity index (χ0v) is 11.0. The smallest absolute Gasteiger partial charge is 0.169 e. The Morgan fingerprint density at radius 2 is 2.20 bits per heavy atom. The number of ether oxygens (including phenoxy) is 1. The van der Waals surface area contributed by atoms with Crippen molar-refractivity contribution in [1.29, 1.82) is 0 Å². The van der Waals surface area contributed by atoms with Crippen LogP contribution in [-0.4, -0.2) is 20.3 Å². The molecule has 1 aromatic heterocycles. The van der Waals surface area contributed by atoms with Crippen LogP contribution in [0.2, 0.25) is 0 Å². The van der Waals surface area contributed by atoms with Crippen molar-refractivity contribution < 1.29 is 9.15 Å². The van der Waals surface area contributed by atoms with Crippen molar-refractivity contribution >= 4 is 15.9 Å². The average Bonchev–Trinajstić information content (AvgIpc) is 2.62. The van der Waals surface area contributed by atoms with Crippen molar-refractivity contribution in [3.05, 3.63) is 22.6 Å². The maximum atomic E-state index is 5.46. The molecule has 1 rings (SSSR count). The van der Waals surface area contributed by atoms with Crippen LogP contribution in [0.3, 0.4) is 0 Å². The Morgan fingerprint density at radius 1 is 1.47 bits per heavy atom. The van der Waals surface area contributed by atoms with Crippen molar-refractivity contribution in [3.8, 4) is 0 Å². The molecule has 0 fully saturated rings. The summed E-state index contributed by atoms with van der Waals surface area (Å²) in [4.78, 5) is 0. The molecular weight excluding hydrogens is 258 g/mol. The molecule has 0 aliphatic rings. The summed E-state index contributed by atoms with van der Waals surface area (Å²) in [5.41, 5.74) is 0. The average molecular weight is 276 g/mol. The van der Waals surface area contributed by atoms with Gasteiger partial charge in [0.2, 0.25) is 0 Å². The number of furan rings is 1. The van der Waals surface area contributed by atoms with Gasteiger partial charge in [0.25, 0.3) is 0 Å². The Bertz CT molecular complexity index is 288. The number of nitrogens with one attached hydrogen (secondary N) is 1. The molecule has 2 atom stereocenters. The molecule has 1 N–H and O–H groups in total. The first-order chi connectivity index (χ1) is 7.13. The summed E-state index contributed by atoms with van der Waals surface area (Å²) >= 11 is 3.29. The van der Waals surface area contributed by atoms with E-state index in [2.05, 4.69) is 35.1 Å². The quantitative estimate of drug-likeness (QED) is 0.867. The fourth-order valence-electron chi connectivity index (χ4n) is 1.38. The summed E-state index contributed by atoms with van der Waals surface area (Å²) in [5.74, 6) is 1.46. The third kappa shape index (κ3) is 4.36. The van der Waals surface area contributed by atoms with Crippen LogP contribution in [0, 0.1) is 5.92 Å². The van der Waals surface area contributed by atoms with Crippen LogP contribution in [0.25, 0.3) is 0 Å². The van der Waals surface area contributed by atoms with Gasteiger partial charge < -0.3 is 14.5 Å². The van der Waals surface area contributed by atoms with Gasteiger partial charge in [0.1, 0.15) is 5.76 Å². The number of methoxy groups -OCH3 is 1. The summed E-state index contributed by atoms with van der Waals surface area (Å²) in [6.07, 6.45) is 0. The molecule has 0 saturated heterocycles. The monoisotopic (exact) mass is 275 g/mol.